The van der Waals surface area contributed by atoms with Gasteiger partial charge in [-0.25, -0.2) is 8.78 Å². The van der Waals surface area contributed by atoms with Crippen LogP contribution in [-0.4, -0.2) is 40.9 Å². The molecule has 1 amide bonds. The molecule has 0 aliphatic carbocycles. The largest absolute Gasteiger partial charge is 0.481 e. The van der Waals surface area contributed by atoms with Crippen molar-refractivity contribution >= 4 is 11.9 Å². The van der Waals surface area contributed by atoms with Gasteiger partial charge in [-0.2, -0.15) is 0 Å². The Morgan fingerprint density at radius 1 is 1.40 bits per heavy atom. The number of aliphatic carboxylic acids is 1. The van der Waals surface area contributed by atoms with Crippen molar-refractivity contribution in [3.05, 3.63) is 0 Å². The third-order valence-corrected chi connectivity index (χ3v) is 3.00. The molecule has 86 valence electrons. The van der Waals surface area contributed by atoms with Gasteiger partial charge in [-0.3, -0.25) is 9.59 Å². The molecular formula is C9H13F2NO3. The second kappa shape index (κ2) is 3.43. The Morgan fingerprint density at radius 2 is 1.93 bits per heavy atom. The highest BCUT2D eigenvalue weighted by Gasteiger charge is 2.59. The van der Waals surface area contributed by atoms with Crippen LogP contribution in [0.2, 0.25) is 0 Å². The fourth-order valence-electron chi connectivity index (χ4n) is 1.57. The molecule has 0 aromatic carbocycles. The first-order chi connectivity index (χ1) is 6.71. The summed E-state index contributed by atoms with van der Waals surface area (Å²) in [5.41, 5.74) is -2.07. The van der Waals surface area contributed by atoms with Crippen LogP contribution in [0, 0.1) is 5.41 Å². The maximum absolute atomic E-state index is 13.5. The van der Waals surface area contributed by atoms with Gasteiger partial charge in [0.15, 0.2) is 0 Å². The summed E-state index contributed by atoms with van der Waals surface area (Å²) in [6, 6.07) is 0. The number of carboxylic acid groups (broad SMARTS) is 1. The molecule has 1 fully saturated rings. The molecule has 6 heteroatoms. The van der Waals surface area contributed by atoms with Crippen molar-refractivity contribution in [3.8, 4) is 0 Å². The van der Waals surface area contributed by atoms with Gasteiger partial charge in [0, 0.05) is 13.5 Å². The molecule has 1 unspecified atom stereocenters. The first-order valence-corrected chi connectivity index (χ1v) is 4.57. The van der Waals surface area contributed by atoms with Crippen LogP contribution in [0.5, 0.6) is 0 Å². The van der Waals surface area contributed by atoms with Gasteiger partial charge in [-0.1, -0.05) is 0 Å². The van der Waals surface area contributed by atoms with Crippen molar-refractivity contribution in [2.75, 3.05) is 13.1 Å². The summed E-state index contributed by atoms with van der Waals surface area (Å²) < 4.78 is 27.1. The number of nitrogens with zero attached hydrogens (tertiary/aromatic N) is 1. The van der Waals surface area contributed by atoms with Crippen LogP contribution in [-0.2, 0) is 9.59 Å². The van der Waals surface area contributed by atoms with Crippen molar-refractivity contribution in [2.24, 2.45) is 5.41 Å². The molecule has 1 N–H and O–H groups in total. The average Bonchev–Trinajstić information content (AvgIpc) is 2.08. The van der Waals surface area contributed by atoms with Gasteiger partial charge >= 0.3 is 5.97 Å². The van der Waals surface area contributed by atoms with Crippen LogP contribution in [0.4, 0.5) is 8.78 Å². The number of hydrogen-bond acceptors (Lipinski definition) is 2. The first kappa shape index (κ1) is 11.9. The zero-order valence-corrected chi connectivity index (χ0v) is 8.59. The highest BCUT2D eigenvalue weighted by molar-refractivity contribution is 5.78. The topological polar surface area (TPSA) is 57.6 Å². The Kier molecular flexibility index (Phi) is 2.71. The Hall–Kier alpha value is -1.20. The van der Waals surface area contributed by atoms with Crippen molar-refractivity contribution < 1.29 is 23.5 Å². The Bertz CT molecular complexity index is 306. The van der Waals surface area contributed by atoms with E-state index in [1.807, 2.05) is 0 Å². The molecule has 1 saturated heterocycles. The van der Waals surface area contributed by atoms with E-state index in [0.29, 0.717) is 0 Å². The van der Waals surface area contributed by atoms with E-state index in [4.69, 9.17) is 5.11 Å². The maximum Gasteiger partial charge on any atom is 0.315 e. The molecule has 1 atom stereocenters. The summed E-state index contributed by atoms with van der Waals surface area (Å²) in [5.74, 6) is -5.36. The second-order valence-electron chi connectivity index (χ2n) is 4.03. The highest BCUT2D eigenvalue weighted by atomic mass is 19.3. The zero-order valence-electron chi connectivity index (χ0n) is 8.59. The van der Waals surface area contributed by atoms with Gasteiger partial charge in [-0.05, 0) is 13.3 Å². The number of carbonyl (C=O) groups is 2. The number of amides is 1. The van der Waals surface area contributed by atoms with Crippen molar-refractivity contribution in [1.29, 1.82) is 0 Å². The molecule has 0 radical (unpaired) electrons. The Labute approximate surface area is 85.9 Å². The minimum Gasteiger partial charge on any atom is -0.481 e. The van der Waals surface area contributed by atoms with Gasteiger partial charge in [0.1, 0.15) is 5.41 Å². The quantitative estimate of drug-likeness (QED) is 0.717. The molecule has 0 spiro atoms. The minimum atomic E-state index is -3.39. The number of carboxylic acids is 1. The molecule has 0 aromatic heterocycles. The number of hydrogen-bond donors (Lipinski definition) is 1. The van der Waals surface area contributed by atoms with E-state index >= 15 is 0 Å². The summed E-state index contributed by atoms with van der Waals surface area (Å²) >= 11 is 0. The second-order valence-corrected chi connectivity index (χ2v) is 4.03. The third-order valence-electron chi connectivity index (χ3n) is 3.00. The standard InChI is InChI=1S/C9H13F2NO3/c1-6(13)12-4-3-8(2,7(14)15)9(10,11)5-12/h3-5H2,1-2H3,(H,14,15). The maximum atomic E-state index is 13.5. The average molecular weight is 221 g/mol. The molecule has 0 aromatic rings. The van der Waals surface area contributed by atoms with Crippen molar-refractivity contribution in [2.45, 2.75) is 26.2 Å². The number of piperidine rings is 1. The van der Waals surface area contributed by atoms with E-state index in [0.717, 1.165) is 11.8 Å². The fourth-order valence-corrected chi connectivity index (χ4v) is 1.57. The smallest absolute Gasteiger partial charge is 0.315 e. The number of carbonyl (C=O) groups excluding carboxylic acids is 1. The van der Waals surface area contributed by atoms with Crippen LogP contribution >= 0.6 is 0 Å². The minimum absolute atomic E-state index is 0.0632. The lowest BCUT2D eigenvalue weighted by Gasteiger charge is -2.42. The van der Waals surface area contributed by atoms with Crippen molar-refractivity contribution in [1.82, 2.24) is 4.90 Å². The summed E-state index contributed by atoms with van der Waals surface area (Å²) in [6.45, 7) is 1.46. The van der Waals surface area contributed by atoms with E-state index in [9.17, 15) is 18.4 Å². The predicted octanol–water partition coefficient (Wildman–Crippen LogP) is 0.965. The summed E-state index contributed by atoms with van der Waals surface area (Å²) in [5, 5.41) is 8.77. The van der Waals surface area contributed by atoms with E-state index in [2.05, 4.69) is 0 Å². The molecule has 0 bridgehead atoms. The lowest BCUT2D eigenvalue weighted by molar-refractivity contribution is -0.195. The normalized spacial score (nSPS) is 30.0. The Morgan fingerprint density at radius 3 is 2.27 bits per heavy atom. The summed E-state index contributed by atoms with van der Waals surface area (Å²) in [6.07, 6.45) is -0.227. The molecule has 1 heterocycles. The SMILES string of the molecule is CC(=O)N1CCC(C)(C(=O)O)C(F)(F)C1. The van der Waals surface area contributed by atoms with E-state index in [1.165, 1.54) is 6.92 Å². The van der Waals surface area contributed by atoms with E-state index in [-0.39, 0.29) is 13.0 Å². The highest BCUT2D eigenvalue weighted by Crippen LogP contribution is 2.43. The third kappa shape index (κ3) is 1.80. The summed E-state index contributed by atoms with van der Waals surface area (Å²) in [4.78, 5) is 22.7. The number of rotatable bonds is 1. The van der Waals surface area contributed by atoms with Gasteiger partial charge in [0.05, 0.1) is 6.54 Å². The van der Waals surface area contributed by atoms with Gasteiger partial charge < -0.3 is 10.0 Å². The number of likely N-dealkylation sites (tertiary alicyclic amines) is 1. The molecule has 0 saturated carbocycles. The zero-order chi connectivity index (χ0) is 11.9. The van der Waals surface area contributed by atoms with Gasteiger partial charge in [0.25, 0.3) is 5.92 Å². The lowest BCUT2D eigenvalue weighted by Crippen LogP contribution is -2.58. The number of halogens is 2. The van der Waals surface area contributed by atoms with E-state index in [1.54, 1.807) is 0 Å². The number of alkyl halides is 2. The molecular weight excluding hydrogens is 208 g/mol. The molecule has 15 heavy (non-hydrogen) atoms. The predicted molar refractivity (Wildman–Crippen MR) is 47.6 cm³/mol. The Balaban J connectivity index is 2.93. The summed E-state index contributed by atoms with van der Waals surface area (Å²) in [7, 11) is 0. The lowest BCUT2D eigenvalue weighted by atomic mass is 9.77. The van der Waals surface area contributed by atoms with Crippen molar-refractivity contribution in [3.63, 3.8) is 0 Å². The van der Waals surface area contributed by atoms with Crippen LogP contribution in [0.25, 0.3) is 0 Å². The monoisotopic (exact) mass is 221 g/mol. The molecule has 1 aliphatic heterocycles. The van der Waals surface area contributed by atoms with Crippen LogP contribution in [0.3, 0.4) is 0 Å². The van der Waals surface area contributed by atoms with Crippen LogP contribution < -0.4 is 0 Å². The van der Waals surface area contributed by atoms with Crippen LogP contribution in [0.1, 0.15) is 20.3 Å². The van der Waals surface area contributed by atoms with Gasteiger partial charge in [-0.15, -0.1) is 0 Å². The first-order valence-electron chi connectivity index (χ1n) is 4.57. The van der Waals surface area contributed by atoms with Crippen LogP contribution in [0.15, 0.2) is 0 Å². The van der Waals surface area contributed by atoms with E-state index < -0.39 is 29.8 Å². The molecule has 4 nitrogen and oxygen atoms in total. The molecule has 1 aliphatic rings. The van der Waals surface area contributed by atoms with Gasteiger partial charge in [0.2, 0.25) is 5.91 Å². The molecule has 1 rings (SSSR count). The fraction of sp³-hybridized carbons (Fsp3) is 0.778.